The quantitative estimate of drug-likeness (QED) is 0.897. The Kier molecular flexibility index (Phi) is 4.83. The fourth-order valence-corrected chi connectivity index (χ4v) is 2.84. The van der Waals surface area contributed by atoms with Gasteiger partial charge in [-0.1, -0.05) is 6.92 Å². The van der Waals surface area contributed by atoms with E-state index in [-0.39, 0.29) is 0 Å². The Bertz CT molecular complexity index is 389. The summed E-state index contributed by atoms with van der Waals surface area (Å²) in [4.78, 5) is 6.81. The summed E-state index contributed by atoms with van der Waals surface area (Å²) in [5, 5.41) is 3.41. The van der Waals surface area contributed by atoms with Crippen molar-refractivity contribution in [1.29, 1.82) is 0 Å². The van der Waals surface area contributed by atoms with Gasteiger partial charge < -0.3 is 16.0 Å². The predicted octanol–water partition coefficient (Wildman–Crippen LogP) is 2.57. The lowest BCUT2D eigenvalue weighted by Crippen LogP contribution is -2.35. The van der Waals surface area contributed by atoms with Gasteiger partial charge in [0.2, 0.25) is 0 Å². The molecule has 0 amide bonds. The second-order valence-corrected chi connectivity index (χ2v) is 5.71. The van der Waals surface area contributed by atoms with Gasteiger partial charge in [0.1, 0.15) is 5.82 Å². The van der Waals surface area contributed by atoms with Crippen LogP contribution in [0.15, 0.2) is 16.7 Å². The summed E-state index contributed by atoms with van der Waals surface area (Å²) in [5.41, 5.74) is 6.36. The van der Waals surface area contributed by atoms with Crippen molar-refractivity contribution in [3.8, 4) is 0 Å². The first-order valence-corrected chi connectivity index (χ1v) is 7.35. The highest BCUT2D eigenvalue weighted by atomic mass is 79.9. The Morgan fingerprint density at radius 2 is 2.22 bits per heavy atom. The number of pyridine rings is 1. The van der Waals surface area contributed by atoms with Gasteiger partial charge >= 0.3 is 0 Å². The highest BCUT2D eigenvalue weighted by Crippen LogP contribution is 2.23. The van der Waals surface area contributed by atoms with Crippen molar-refractivity contribution in [2.45, 2.75) is 19.8 Å². The fourth-order valence-electron chi connectivity index (χ4n) is 2.33. The van der Waals surface area contributed by atoms with E-state index >= 15 is 0 Å². The second-order valence-electron chi connectivity index (χ2n) is 4.86. The van der Waals surface area contributed by atoms with Gasteiger partial charge in [-0.25, -0.2) is 4.98 Å². The van der Waals surface area contributed by atoms with Crippen LogP contribution in [0.3, 0.4) is 0 Å². The van der Waals surface area contributed by atoms with Crippen LogP contribution in [0.25, 0.3) is 0 Å². The molecule has 0 radical (unpaired) electrons. The molecular formula is C13H21BrN4. The number of likely N-dealkylation sites (tertiary alicyclic amines) is 1. The van der Waals surface area contributed by atoms with Gasteiger partial charge in [0.25, 0.3) is 0 Å². The zero-order valence-corrected chi connectivity index (χ0v) is 12.4. The molecule has 0 saturated carbocycles. The van der Waals surface area contributed by atoms with E-state index in [9.17, 15) is 0 Å². The average molecular weight is 313 g/mol. The minimum Gasteiger partial charge on any atom is -0.397 e. The molecule has 1 aliphatic rings. The van der Waals surface area contributed by atoms with E-state index in [0.29, 0.717) is 5.69 Å². The van der Waals surface area contributed by atoms with Crippen molar-refractivity contribution in [3.05, 3.63) is 16.7 Å². The summed E-state index contributed by atoms with van der Waals surface area (Å²) in [6.07, 6.45) is 4.23. The molecule has 0 aromatic carbocycles. The highest BCUT2D eigenvalue weighted by Gasteiger charge is 2.18. The van der Waals surface area contributed by atoms with E-state index in [1.165, 1.54) is 32.5 Å². The molecule has 1 aliphatic heterocycles. The third-order valence-electron chi connectivity index (χ3n) is 3.57. The monoisotopic (exact) mass is 312 g/mol. The summed E-state index contributed by atoms with van der Waals surface area (Å²) in [5.74, 6) is 1.64. The fraction of sp³-hybridized carbons (Fsp3) is 0.615. The van der Waals surface area contributed by atoms with E-state index in [1.54, 1.807) is 6.20 Å². The second kappa shape index (κ2) is 6.38. The number of piperidine rings is 1. The van der Waals surface area contributed by atoms with Gasteiger partial charge in [0.05, 0.1) is 16.4 Å². The maximum absolute atomic E-state index is 5.67. The molecule has 2 heterocycles. The van der Waals surface area contributed by atoms with E-state index in [2.05, 4.69) is 38.1 Å². The Labute approximate surface area is 117 Å². The number of hydrogen-bond acceptors (Lipinski definition) is 4. The normalized spacial score (nSPS) is 17.9. The van der Waals surface area contributed by atoms with Gasteiger partial charge in [0, 0.05) is 6.54 Å². The number of hydrogen-bond donors (Lipinski definition) is 2. The number of halogens is 1. The lowest BCUT2D eigenvalue weighted by atomic mass is 9.97. The maximum Gasteiger partial charge on any atom is 0.140 e. The summed E-state index contributed by atoms with van der Waals surface area (Å²) < 4.78 is 0.938. The number of nitrogens with zero attached hydrogens (tertiary/aromatic N) is 2. The molecule has 4 nitrogen and oxygen atoms in total. The van der Waals surface area contributed by atoms with Crippen molar-refractivity contribution >= 4 is 27.4 Å². The SMILES string of the molecule is CCN1CCC(CNc2ncc(N)cc2Br)CC1. The van der Waals surface area contributed by atoms with E-state index in [4.69, 9.17) is 5.73 Å². The van der Waals surface area contributed by atoms with Gasteiger partial charge in [-0.05, 0) is 60.4 Å². The van der Waals surface area contributed by atoms with E-state index in [0.717, 1.165) is 22.8 Å². The molecule has 1 fully saturated rings. The van der Waals surface area contributed by atoms with Gasteiger partial charge in [-0.2, -0.15) is 0 Å². The number of nitrogens with one attached hydrogen (secondary N) is 1. The first-order valence-electron chi connectivity index (χ1n) is 6.56. The lowest BCUT2D eigenvalue weighted by molar-refractivity contribution is 0.198. The molecule has 3 N–H and O–H groups in total. The minimum absolute atomic E-state index is 0.684. The molecule has 0 bridgehead atoms. The van der Waals surface area contributed by atoms with Crippen LogP contribution in [0.1, 0.15) is 19.8 Å². The van der Waals surface area contributed by atoms with Crippen molar-refractivity contribution in [2.75, 3.05) is 37.2 Å². The third-order valence-corrected chi connectivity index (χ3v) is 4.18. The smallest absolute Gasteiger partial charge is 0.140 e. The molecule has 1 aromatic heterocycles. The molecule has 1 saturated heterocycles. The van der Waals surface area contributed by atoms with Crippen LogP contribution in [-0.4, -0.2) is 36.1 Å². The lowest BCUT2D eigenvalue weighted by Gasteiger charge is -2.31. The van der Waals surface area contributed by atoms with Crippen molar-refractivity contribution in [3.63, 3.8) is 0 Å². The zero-order chi connectivity index (χ0) is 13.0. The largest absolute Gasteiger partial charge is 0.397 e. The Hall–Kier alpha value is -0.810. The Morgan fingerprint density at radius 1 is 1.50 bits per heavy atom. The summed E-state index contributed by atoms with van der Waals surface area (Å²) >= 11 is 3.48. The number of nitrogens with two attached hydrogens (primary N) is 1. The third kappa shape index (κ3) is 3.59. The van der Waals surface area contributed by atoms with Crippen LogP contribution < -0.4 is 11.1 Å². The molecular weight excluding hydrogens is 292 g/mol. The van der Waals surface area contributed by atoms with E-state index in [1.807, 2.05) is 6.07 Å². The van der Waals surface area contributed by atoms with Gasteiger partial charge in [-0.3, -0.25) is 0 Å². The highest BCUT2D eigenvalue weighted by molar-refractivity contribution is 9.10. The molecule has 0 spiro atoms. The molecule has 100 valence electrons. The topological polar surface area (TPSA) is 54.2 Å². The molecule has 2 rings (SSSR count). The Balaban J connectivity index is 1.81. The zero-order valence-electron chi connectivity index (χ0n) is 10.8. The van der Waals surface area contributed by atoms with Gasteiger partial charge in [-0.15, -0.1) is 0 Å². The molecule has 0 atom stereocenters. The standard InChI is InChI=1S/C13H21BrN4/c1-2-18-5-3-10(4-6-18)8-16-13-12(14)7-11(15)9-17-13/h7,9-10H,2-6,8,15H2,1H3,(H,16,17). The summed E-state index contributed by atoms with van der Waals surface area (Å²) in [6, 6.07) is 1.88. The number of nitrogen functional groups attached to an aromatic ring is 1. The molecule has 1 aromatic rings. The minimum atomic E-state index is 0.684. The van der Waals surface area contributed by atoms with Crippen LogP contribution >= 0.6 is 15.9 Å². The van der Waals surface area contributed by atoms with Crippen LogP contribution in [-0.2, 0) is 0 Å². The van der Waals surface area contributed by atoms with Crippen LogP contribution in [0.4, 0.5) is 11.5 Å². The van der Waals surface area contributed by atoms with Crippen LogP contribution in [0, 0.1) is 5.92 Å². The maximum atomic E-state index is 5.67. The van der Waals surface area contributed by atoms with Crippen molar-refractivity contribution < 1.29 is 0 Å². The molecule has 18 heavy (non-hydrogen) atoms. The van der Waals surface area contributed by atoms with Gasteiger partial charge in [0.15, 0.2) is 0 Å². The molecule has 0 unspecified atom stereocenters. The summed E-state index contributed by atoms with van der Waals surface area (Å²) in [6.45, 7) is 6.84. The predicted molar refractivity (Wildman–Crippen MR) is 79.7 cm³/mol. The molecule has 0 aliphatic carbocycles. The van der Waals surface area contributed by atoms with E-state index < -0.39 is 0 Å². The molecule has 5 heteroatoms. The Morgan fingerprint density at radius 3 is 2.83 bits per heavy atom. The average Bonchev–Trinajstić information content (AvgIpc) is 2.38. The number of aromatic nitrogens is 1. The van der Waals surface area contributed by atoms with Crippen LogP contribution in [0.5, 0.6) is 0 Å². The first-order chi connectivity index (χ1) is 8.69. The summed E-state index contributed by atoms with van der Waals surface area (Å²) in [7, 11) is 0. The first kappa shape index (κ1) is 13.6. The van der Waals surface area contributed by atoms with Crippen molar-refractivity contribution in [1.82, 2.24) is 9.88 Å². The number of anilines is 2. The number of rotatable bonds is 4. The van der Waals surface area contributed by atoms with Crippen molar-refractivity contribution in [2.24, 2.45) is 5.92 Å². The van der Waals surface area contributed by atoms with Crippen LogP contribution in [0.2, 0.25) is 0 Å².